The molecule has 88 valence electrons. The molecular formula is C11H20O3S. The van der Waals surface area contributed by atoms with Gasteiger partial charge >= 0.3 is 0 Å². The van der Waals surface area contributed by atoms with Crippen LogP contribution in [-0.2, 0) is 14.6 Å². The Morgan fingerprint density at radius 3 is 2.33 bits per heavy atom. The van der Waals surface area contributed by atoms with Crippen LogP contribution in [0.2, 0.25) is 0 Å². The zero-order valence-corrected chi connectivity index (χ0v) is 10.1. The van der Waals surface area contributed by atoms with Crippen molar-refractivity contribution in [2.24, 2.45) is 11.8 Å². The Morgan fingerprint density at radius 2 is 1.87 bits per heavy atom. The van der Waals surface area contributed by atoms with Gasteiger partial charge in [0, 0.05) is 11.7 Å². The van der Waals surface area contributed by atoms with Crippen LogP contribution in [0.5, 0.6) is 0 Å². The average molecular weight is 232 g/mol. The molecule has 1 rings (SSSR count). The Hall–Kier alpha value is -0.380. The van der Waals surface area contributed by atoms with Crippen LogP contribution in [0.3, 0.4) is 0 Å². The van der Waals surface area contributed by atoms with Crippen LogP contribution in [0.25, 0.3) is 0 Å². The zero-order valence-electron chi connectivity index (χ0n) is 9.31. The first-order chi connectivity index (χ1) is 7.09. The first-order valence-electron chi connectivity index (χ1n) is 5.74. The lowest BCUT2D eigenvalue weighted by atomic mass is 9.81. The van der Waals surface area contributed by atoms with Crippen molar-refractivity contribution in [3.8, 4) is 0 Å². The lowest BCUT2D eigenvalue weighted by molar-refractivity contribution is -0.112. The summed E-state index contributed by atoms with van der Waals surface area (Å²) in [4.78, 5) is 10.9. The minimum Gasteiger partial charge on any atom is -0.303 e. The van der Waals surface area contributed by atoms with Gasteiger partial charge in [-0.1, -0.05) is 26.2 Å². The predicted octanol–water partition coefficient (Wildman–Crippen LogP) is 1.82. The molecule has 15 heavy (non-hydrogen) atoms. The quantitative estimate of drug-likeness (QED) is 0.679. The number of carbonyl (C=O) groups excluding carboxylic acids is 1. The molecule has 0 unspecified atom stereocenters. The number of hydrogen-bond donors (Lipinski definition) is 0. The maximum Gasteiger partial charge on any atom is 0.150 e. The molecule has 0 aromatic carbocycles. The molecule has 0 aromatic rings. The van der Waals surface area contributed by atoms with E-state index in [9.17, 15) is 13.2 Å². The van der Waals surface area contributed by atoms with E-state index in [-0.39, 0.29) is 17.4 Å². The Bertz CT molecular complexity index is 289. The minimum atomic E-state index is -3.01. The van der Waals surface area contributed by atoms with Crippen LogP contribution in [-0.4, -0.2) is 26.2 Å². The van der Waals surface area contributed by atoms with Crippen molar-refractivity contribution in [1.82, 2.24) is 0 Å². The van der Waals surface area contributed by atoms with Crippen LogP contribution in [0.4, 0.5) is 0 Å². The minimum absolute atomic E-state index is 0.0532. The molecule has 0 saturated heterocycles. The summed E-state index contributed by atoms with van der Waals surface area (Å²) in [7, 11) is -3.01. The number of hydrogen-bond acceptors (Lipinski definition) is 3. The van der Waals surface area contributed by atoms with Crippen molar-refractivity contribution in [2.75, 3.05) is 11.5 Å². The van der Waals surface area contributed by atoms with E-state index in [2.05, 4.69) is 0 Å². The van der Waals surface area contributed by atoms with Gasteiger partial charge in [-0.2, -0.15) is 0 Å². The third kappa shape index (κ3) is 3.93. The van der Waals surface area contributed by atoms with Crippen molar-refractivity contribution in [3.63, 3.8) is 0 Å². The van der Waals surface area contributed by atoms with Gasteiger partial charge in [-0.05, 0) is 18.8 Å². The van der Waals surface area contributed by atoms with Gasteiger partial charge in [0.1, 0.15) is 6.29 Å². The maximum atomic E-state index is 11.5. The molecule has 0 spiro atoms. The second kappa shape index (κ2) is 5.64. The summed E-state index contributed by atoms with van der Waals surface area (Å²) < 4.78 is 22.9. The summed E-state index contributed by atoms with van der Waals surface area (Å²) >= 11 is 0. The average Bonchev–Trinajstić information content (AvgIpc) is 2.27. The number of rotatable bonds is 5. The molecule has 0 radical (unpaired) electrons. The SMILES string of the molecule is CCS(=O)(=O)C[C@@H](C=O)C1CCCCC1. The molecule has 0 heterocycles. The van der Waals surface area contributed by atoms with Gasteiger partial charge in [-0.3, -0.25) is 0 Å². The summed E-state index contributed by atoms with van der Waals surface area (Å²) in [5.74, 6) is 0.231. The molecular weight excluding hydrogens is 212 g/mol. The van der Waals surface area contributed by atoms with Crippen molar-refractivity contribution in [2.45, 2.75) is 39.0 Å². The van der Waals surface area contributed by atoms with E-state index in [0.29, 0.717) is 5.92 Å². The van der Waals surface area contributed by atoms with Gasteiger partial charge in [0.2, 0.25) is 0 Å². The Labute approximate surface area is 92.2 Å². The van der Waals surface area contributed by atoms with Gasteiger partial charge in [0.15, 0.2) is 9.84 Å². The Kier molecular flexibility index (Phi) is 4.77. The first-order valence-corrected chi connectivity index (χ1v) is 7.57. The summed E-state index contributed by atoms with van der Waals surface area (Å²) in [6.07, 6.45) is 6.39. The van der Waals surface area contributed by atoms with E-state index < -0.39 is 9.84 Å². The molecule has 0 bridgehead atoms. The van der Waals surface area contributed by atoms with Crippen LogP contribution < -0.4 is 0 Å². The molecule has 0 amide bonds. The van der Waals surface area contributed by atoms with Crippen LogP contribution in [0.1, 0.15) is 39.0 Å². The van der Waals surface area contributed by atoms with E-state index in [1.54, 1.807) is 6.92 Å². The van der Waals surface area contributed by atoms with Crippen molar-refractivity contribution < 1.29 is 13.2 Å². The summed E-state index contributed by atoms with van der Waals surface area (Å²) in [6.45, 7) is 1.64. The highest BCUT2D eigenvalue weighted by Crippen LogP contribution is 2.29. The van der Waals surface area contributed by atoms with Gasteiger partial charge in [-0.25, -0.2) is 8.42 Å². The lowest BCUT2D eigenvalue weighted by Crippen LogP contribution is -2.27. The molecule has 1 atom stereocenters. The van der Waals surface area contributed by atoms with Gasteiger partial charge in [0.25, 0.3) is 0 Å². The normalized spacial score (nSPS) is 21.1. The van der Waals surface area contributed by atoms with E-state index in [0.717, 1.165) is 32.0 Å². The van der Waals surface area contributed by atoms with E-state index in [4.69, 9.17) is 0 Å². The van der Waals surface area contributed by atoms with E-state index in [1.165, 1.54) is 6.42 Å². The van der Waals surface area contributed by atoms with E-state index >= 15 is 0 Å². The first kappa shape index (κ1) is 12.7. The molecule has 1 fully saturated rings. The van der Waals surface area contributed by atoms with Crippen LogP contribution >= 0.6 is 0 Å². The largest absolute Gasteiger partial charge is 0.303 e. The second-order valence-corrected chi connectivity index (χ2v) is 6.79. The number of carbonyl (C=O) groups is 1. The summed E-state index contributed by atoms with van der Waals surface area (Å²) in [5.41, 5.74) is 0. The molecule has 1 aliphatic carbocycles. The zero-order chi connectivity index (χ0) is 11.3. The monoisotopic (exact) mass is 232 g/mol. The summed E-state index contributed by atoms with van der Waals surface area (Å²) in [5, 5.41) is 0. The molecule has 1 saturated carbocycles. The molecule has 0 N–H and O–H groups in total. The fourth-order valence-electron chi connectivity index (χ4n) is 2.26. The highest BCUT2D eigenvalue weighted by Gasteiger charge is 2.27. The standard InChI is InChI=1S/C11H20O3S/c1-2-15(13,14)9-11(8-12)10-6-4-3-5-7-10/h8,10-11H,2-7,9H2,1H3/t11-/m1/s1. The highest BCUT2D eigenvalue weighted by atomic mass is 32.2. The molecule has 1 aliphatic rings. The van der Waals surface area contributed by atoms with Crippen LogP contribution in [0, 0.1) is 11.8 Å². The van der Waals surface area contributed by atoms with Crippen LogP contribution in [0.15, 0.2) is 0 Å². The van der Waals surface area contributed by atoms with Crippen molar-refractivity contribution in [3.05, 3.63) is 0 Å². The second-order valence-electron chi connectivity index (χ2n) is 4.40. The highest BCUT2D eigenvalue weighted by molar-refractivity contribution is 7.91. The fourth-order valence-corrected chi connectivity index (χ4v) is 3.43. The smallest absolute Gasteiger partial charge is 0.150 e. The molecule has 0 aromatic heterocycles. The van der Waals surface area contributed by atoms with Crippen molar-refractivity contribution in [1.29, 1.82) is 0 Å². The van der Waals surface area contributed by atoms with Gasteiger partial charge < -0.3 is 4.79 Å². The van der Waals surface area contributed by atoms with Crippen molar-refractivity contribution >= 4 is 16.1 Å². The number of aldehydes is 1. The number of sulfone groups is 1. The third-order valence-corrected chi connectivity index (χ3v) is 5.09. The third-order valence-electron chi connectivity index (χ3n) is 3.32. The Morgan fingerprint density at radius 1 is 1.27 bits per heavy atom. The lowest BCUT2D eigenvalue weighted by Gasteiger charge is -2.26. The van der Waals surface area contributed by atoms with Gasteiger partial charge in [-0.15, -0.1) is 0 Å². The predicted molar refractivity (Wildman–Crippen MR) is 60.5 cm³/mol. The van der Waals surface area contributed by atoms with Gasteiger partial charge in [0.05, 0.1) is 5.75 Å². The molecule has 4 heteroatoms. The fraction of sp³-hybridized carbons (Fsp3) is 0.909. The Balaban J connectivity index is 2.58. The molecule has 0 aliphatic heterocycles. The molecule has 3 nitrogen and oxygen atoms in total. The maximum absolute atomic E-state index is 11.5. The topological polar surface area (TPSA) is 51.2 Å². The summed E-state index contributed by atoms with van der Waals surface area (Å²) in [6, 6.07) is 0. The van der Waals surface area contributed by atoms with E-state index in [1.807, 2.05) is 0 Å².